The second-order valence-corrected chi connectivity index (χ2v) is 8.50. The summed E-state index contributed by atoms with van der Waals surface area (Å²) < 4.78 is 19.6. The number of hydrogen-bond acceptors (Lipinski definition) is 7. The summed E-state index contributed by atoms with van der Waals surface area (Å²) in [5.41, 5.74) is 1.64. The summed E-state index contributed by atoms with van der Waals surface area (Å²) in [6.45, 7) is 1.60. The lowest BCUT2D eigenvalue weighted by Crippen LogP contribution is -2.43. The van der Waals surface area contributed by atoms with Crippen LogP contribution in [0, 0.1) is 11.7 Å². The smallest absolute Gasteiger partial charge is 0.246 e. The van der Waals surface area contributed by atoms with Gasteiger partial charge in [0.05, 0.1) is 22.7 Å². The number of fused-ring (bicyclic) bond motifs is 1. The first kappa shape index (κ1) is 19.6. The molecule has 1 aliphatic heterocycles. The van der Waals surface area contributed by atoms with E-state index in [1.165, 1.54) is 23.5 Å². The first-order valence-corrected chi connectivity index (χ1v) is 10.9. The third kappa shape index (κ3) is 4.27. The van der Waals surface area contributed by atoms with Crippen LogP contribution in [0.25, 0.3) is 21.6 Å². The fourth-order valence-electron chi connectivity index (χ4n) is 3.72. The van der Waals surface area contributed by atoms with Gasteiger partial charge in [-0.3, -0.25) is 4.79 Å². The van der Waals surface area contributed by atoms with Crippen molar-refractivity contribution in [3.63, 3.8) is 0 Å². The summed E-state index contributed by atoms with van der Waals surface area (Å²) >= 11 is 1.45. The Morgan fingerprint density at radius 1 is 1.23 bits per heavy atom. The third-order valence-electron chi connectivity index (χ3n) is 5.32. The Morgan fingerprint density at radius 2 is 2.10 bits per heavy atom. The Bertz CT molecular complexity index is 1210. The van der Waals surface area contributed by atoms with E-state index in [-0.39, 0.29) is 24.2 Å². The molecular weight excluding hydrogens is 417 g/mol. The van der Waals surface area contributed by atoms with E-state index >= 15 is 0 Å². The molecule has 1 amide bonds. The van der Waals surface area contributed by atoms with Crippen molar-refractivity contribution in [3.05, 3.63) is 60.2 Å². The zero-order chi connectivity index (χ0) is 21.2. The minimum absolute atomic E-state index is 0.0451. The van der Waals surface area contributed by atoms with Crippen molar-refractivity contribution >= 4 is 32.6 Å². The molecule has 0 radical (unpaired) electrons. The Morgan fingerprint density at radius 3 is 2.97 bits per heavy atom. The average molecular weight is 438 g/mol. The van der Waals surface area contributed by atoms with Crippen LogP contribution in [-0.2, 0) is 11.3 Å². The van der Waals surface area contributed by atoms with E-state index in [2.05, 4.69) is 25.3 Å². The highest BCUT2D eigenvalue weighted by atomic mass is 32.1. The number of nitrogens with zero attached hydrogens (tertiary/aromatic N) is 4. The largest absolute Gasteiger partial charge is 0.347 e. The van der Waals surface area contributed by atoms with Gasteiger partial charge < -0.3 is 14.7 Å². The van der Waals surface area contributed by atoms with Crippen LogP contribution < -0.4 is 10.2 Å². The molecule has 1 N–H and O–H groups in total. The summed E-state index contributed by atoms with van der Waals surface area (Å²) in [6, 6.07) is 14.1. The summed E-state index contributed by atoms with van der Waals surface area (Å²) in [5, 5.41) is 7.71. The molecule has 1 saturated heterocycles. The quantitative estimate of drug-likeness (QED) is 0.508. The van der Waals surface area contributed by atoms with Gasteiger partial charge >= 0.3 is 0 Å². The van der Waals surface area contributed by atoms with E-state index in [9.17, 15) is 9.18 Å². The lowest BCUT2D eigenvalue weighted by atomic mass is 9.97. The molecule has 31 heavy (non-hydrogen) atoms. The van der Waals surface area contributed by atoms with Gasteiger partial charge in [0, 0.05) is 18.7 Å². The first-order chi connectivity index (χ1) is 15.2. The number of nitrogens with one attached hydrogen (secondary N) is 1. The van der Waals surface area contributed by atoms with Crippen LogP contribution in [0.1, 0.15) is 18.7 Å². The SMILES string of the molecule is O=C(NCc1nc(-c2ccccc2)no1)C1CCCN(c2nc3ccc(F)cc3s2)C1. The van der Waals surface area contributed by atoms with Crippen LogP contribution >= 0.6 is 11.3 Å². The van der Waals surface area contributed by atoms with Crippen molar-refractivity contribution in [1.29, 1.82) is 0 Å². The van der Waals surface area contributed by atoms with Gasteiger partial charge in [-0.1, -0.05) is 46.8 Å². The number of rotatable bonds is 5. The Balaban J connectivity index is 1.21. The van der Waals surface area contributed by atoms with Crippen molar-refractivity contribution in [1.82, 2.24) is 20.4 Å². The number of anilines is 1. The van der Waals surface area contributed by atoms with E-state index in [1.807, 2.05) is 30.3 Å². The number of amides is 1. The van der Waals surface area contributed by atoms with Gasteiger partial charge in [0.1, 0.15) is 5.82 Å². The van der Waals surface area contributed by atoms with E-state index in [0.29, 0.717) is 18.3 Å². The van der Waals surface area contributed by atoms with Crippen LogP contribution in [-0.4, -0.2) is 34.1 Å². The van der Waals surface area contributed by atoms with Crippen LogP contribution in [0.15, 0.2) is 53.1 Å². The number of hydrogen-bond donors (Lipinski definition) is 1. The van der Waals surface area contributed by atoms with Crippen molar-refractivity contribution in [3.8, 4) is 11.4 Å². The van der Waals surface area contributed by atoms with Gasteiger partial charge in [-0.25, -0.2) is 9.37 Å². The number of carbonyl (C=O) groups excluding carboxylic acids is 1. The molecule has 4 aromatic rings. The van der Waals surface area contributed by atoms with E-state index in [4.69, 9.17) is 4.52 Å². The van der Waals surface area contributed by atoms with Gasteiger partial charge in [0.25, 0.3) is 0 Å². The molecular formula is C22H20FN5O2S. The van der Waals surface area contributed by atoms with Gasteiger partial charge in [-0.15, -0.1) is 0 Å². The minimum atomic E-state index is -0.268. The van der Waals surface area contributed by atoms with E-state index < -0.39 is 0 Å². The van der Waals surface area contributed by atoms with Gasteiger partial charge in [0.15, 0.2) is 5.13 Å². The van der Waals surface area contributed by atoms with Crippen LogP contribution in [0.4, 0.5) is 9.52 Å². The number of aromatic nitrogens is 3. The third-order valence-corrected chi connectivity index (χ3v) is 6.39. The number of piperidine rings is 1. The molecule has 1 aliphatic rings. The molecule has 0 aliphatic carbocycles. The highest BCUT2D eigenvalue weighted by Gasteiger charge is 2.27. The fourth-order valence-corrected chi connectivity index (χ4v) is 4.75. The number of halogens is 1. The molecule has 0 bridgehead atoms. The zero-order valence-electron chi connectivity index (χ0n) is 16.6. The second kappa shape index (κ2) is 8.43. The highest BCUT2D eigenvalue weighted by Crippen LogP contribution is 2.32. The molecule has 2 aromatic carbocycles. The lowest BCUT2D eigenvalue weighted by molar-refractivity contribution is -0.125. The van der Waals surface area contributed by atoms with E-state index in [0.717, 1.165) is 40.3 Å². The minimum Gasteiger partial charge on any atom is -0.347 e. The molecule has 158 valence electrons. The summed E-state index contributed by atoms with van der Waals surface area (Å²) in [4.78, 5) is 23.8. The second-order valence-electron chi connectivity index (χ2n) is 7.49. The molecule has 3 heterocycles. The number of benzene rings is 2. The molecule has 1 atom stereocenters. The molecule has 9 heteroatoms. The van der Waals surface area contributed by atoms with Crippen molar-refractivity contribution in [2.24, 2.45) is 5.92 Å². The van der Waals surface area contributed by atoms with Crippen LogP contribution in [0.5, 0.6) is 0 Å². The maximum absolute atomic E-state index is 13.5. The van der Waals surface area contributed by atoms with Gasteiger partial charge in [-0.2, -0.15) is 4.98 Å². The molecule has 0 spiro atoms. The van der Waals surface area contributed by atoms with E-state index in [1.54, 1.807) is 6.07 Å². The summed E-state index contributed by atoms with van der Waals surface area (Å²) in [6.07, 6.45) is 1.70. The molecule has 2 aromatic heterocycles. The molecule has 5 rings (SSSR count). The zero-order valence-corrected chi connectivity index (χ0v) is 17.4. The fraction of sp³-hybridized carbons (Fsp3) is 0.273. The maximum Gasteiger partial charge on any atom is 0.246 e. The number of thiazole rings is 1. The topological polar surface area (TPSA) is 84.2 Å². The Hall–Kier alpha value is -3.33. The average Bonchev–Trinajstić information content (AvgIpc) is 3.45. The van der Waals surface area contributed by atoms with Crippen molar-refractivity contribution < 1.29 is 13.7 Å². The van der Waals surface area contributed by atoms with Gasteiger partial charge in [0.2, 0.25) is 17.6 Å². The first-order valence-electron chi connectivity index (χ1n) is 10.1. The lowest BCUT2D eigenvalue weighted by Gasteiger charge is -2.31. The summed E-state index contributed by atoms with van der Waals surface area (Å²) in [7, 11) is 0. The normalized spacial score (nSPS) is 16.5. The molecule has 0 saturated carbocycles. The maximum atomic E-state index is 13.5. The van der Waals surface area contributed by atoms with Crippen molar-refractivity contribution in [2.45, 2.75) is 19.4 Å². The van der Waals surface area contributed by atoms with Crippen molar-refractivity contribution in [2.75, 3.05) is 18.0 Å². The monoisotopic (exact) mass is 437 g/mol. The number of carbonyl (C=O) groups is 1. The molecule has 1 fully saturated rings. The van der Waals surface area contributed by atoms with Crippen LogP contribution in [0.2, 0.25) is 0 Å². The summed E-state index contributed by atoms with van der Waals surface area (Å²) in [5.74, 6) is 0.398. The molecule has 7 nitrogen and oxygen atoms in total. The predicted molar refractivity (Wildman–Crippen MR) is 116 cm³/mol. The molecule has 1 unspecified atom stereocenters. The van der Waals surface area contributed by atoms with Crippen LogP contribution in [0.3, 0.4) is 0 Å². The predicted octanol–water partition coefficient (Wildman–Crippen LogP) is 4.02. The Labute approximate surface area is 181 Å². The highest BCUT2D eigenvalue weighted by molar-refractivity contribution is 7.22. The van der Waals surface area contributed by atoms with Gasteiger partial charge in [-0.05, 0) is 31.0 Å². The Kier molecular flexibility index (Phi) is 5.33. The standard InChI is InChI=1S/C22H20FN5O2S/c23-16-8-9-17-18(11-16)31-22(25-17)28-10-4-7-15(13-28)21(29)24-12-19-26-20(27-30-19)14-5-2-1-3-6-14/h1-3,5-6,8-9,11,15H,4,7,10,12-13H2,(H,24,29).